The Labute approximate surface area is 182 Å². The molecular weight excluding hydrogens is 400 g/mol. The molecule has 1 saturated heterocycles. The van der Waals surface area contributed by atoms with Crippen LogP contribution in [0.25, 0.3) is 0 Å². The highest BCUT2D eigenvalue weighted by Gasteiger charge is 2.15. The molecule has 1 aromatic heterocycles. The van der Waals surface area contributed by atoms with Crippen molar-refractivity contribution in [3.05, 3.63) is 46.8 Å². The number of aromatic nitrogens is 2. The fourth-order valence-electron chi connectivity index (χ4n) is 3.39. The molecule has 0 atom stereocenters. The first kappa shape index (κ1) is 21.9. The average molecular weight is 429 g/mol. The number of benzene rings is 1. The summed E-state index contributed by atoms with van der Waals surface area (Å²) in [5.74, 6) is 0.762. The lowest BCUT2D eigenvalue weighted by atomic mass is 9.93. The number of carbonyl (C=O) groups is 1. The lowest BCUT2D eigenvalue weighted by Gasteiger charge is -2.26. The van der Waals surface area contributed by atoms with Gasteiger partial charge in [0.05, 0.1) is 31.3 Å². The molecule has 0 unspecified atom stereocenters. The maximum absolute atomic E-state index is 12.6. The van der Waals surface area contributed by atoms with Crippen LogP contribution in [0.1, 0.15) is 46.8 Å². The summed E-state index contributed by atoms with van der Waals surface area (Å²) in [5, 5.41) is 3.22. The van der Waals surface area contributed by atoms with Gasteiger partial charge in [-0.1, -0.05) is 19.9 Å². The summed E-state index contributed by atoms with van der Waals surface area (Å²) in [5.41, 5.74) is 9.90. The zero-order chi connectivity index (χ0) is 21.7. The topological polar surface area (TPSA) is 91.4 Å². The number of morpholine rings is 1. The molecule has 0 saturated carbocycles. The Morgan fingerprint density at radius 3 is 2.40 bits per heavy atom. The van der Waals surface area contributed by atoms with Crippen molar-refractivity contribution in [1.29, 1.82) is 0 Å². The van der Waals surface area contributed by atoms with E-state index in [0.717, 1.165) is 24.2 Å². The van der Waals surface area contributed by atoms with Gasteiger partial charge in [-0.2, -0.15) is 0 Å². The fourth-order valence-corrected chi connectivity index (χ4v) is 3.56. The molecule has 1 aromatic carbocycles. The quantitative estimate of drug-likeness (QED) is 0.506. The van der Waals surface area contributed by atoms with E-state index >= 15 is 0 Å². The van der Waals surface area contributed by atoms with Gasteiger partial charge >= 0.3 is 0 Å². The first-order valence-corrected chi connectivity index (χ1v) is 10.4. The normalized spacial score (nSPS) is 13.8. The number of nitrogens with one attached hydrogen (secondary N) is 3. The van der Waals surface area contributed by atoms with Crippen molar-refractivity contribution in [2.24, 2.45) is 0 Å². The maximum Gasteiger partial charge on any atom is 0.269 e. The lowest BCUT2D eigenvalue weighted by Crippen LogP contribution is -2.44. The highest BCUT2D eigenvalue weighted by atomic mass is 32.1. The Morgan fingerprint density at radius 1 is 1.10 bits per heavy atom. The molecule has 3 rings (SSSR count). The molecule has 0 spiro atoms. The highest BCUT2D eigenvalue weighted by molar-refractivity contribution is 7.80. The number of rotatable bonds is 4. The van der Waals surface area contributed by atoms with Gasteiger partial charge in [0.15, 0.2) is 5.11 Å². The molecule has 3 N–H and O–H groups in total. The van der Waals surface area contributed by atoms with Crippen LogP contribution in [0, 0.1) is 13.8 Å². The molecule has 0 radical (unpaired) electrons. The Kier molecular flexibility index (Phi) is 7.17. The van der Waals surface area contributed by atoms with Crippen LogP contribution in [0.2, 0.25) is 0 Å². The summed E-state index contributed by atoms with van der Waals surface area (Å²) in [6, 6.07) is 3.98. The first-order chi connectivity index (χ1) is 14.3. The molecule has 2 heterocycles. The van der Waals surface area contributed by atoms with Crippen molar-refractivity contribution in [1.82, 2.24) is 20.8 Å². The molecule has 1 amide bonds. The molecule has 160 valence electrons. The number of carbonyl (C=O) groups excluding carboxylic acids is 1. The lowest BCUT2D eigenvalue weighted by molar-refractivity contribution is 0.0943. The molecule has 1 aliphatic rings. The number of anilines is 2. The zero-order valence-corrected chi connectivity index (χ0v) is 18.6. The molecule has 0 bridgehead atoms. The van der Waals surface area contributed by atoms with Crippen LogP contribution in [-0.4, -0.2) is 47.3 Å². The minimum absolute atomic E-state index is 0.238. The van der Waals surface area contributed by atoms with E-state index in [4.69, 9.17) is 17.0 Å². The van der Waals surface area contributed by atoms with E-state index in [-0.39, 0.29) is 11.0 Å². The second-order valence-electron chi connectivity index (χ2n) is 7.58. The number of hydrazine groups is 1. The summed E-state index contributed by atoms with van der Waals surface area (Å²) >= 11 is 5.26. The van der Waals surface area contributed by atoms with Crippen molar-refractivity contribution < 1.29 is 9.53 Å². The largest absolute Gasteiger partial charge is 0.378 e. The number of hydrogen-bond acceptors (Lipinski definition) is 6. The smallest absolute Gasteiger partial charge is 0.269 e. The number of thiocarbonyl (C=S) groups is 1. The second kappa shape index (κ2) is 9.82. The minimum Gasteiger partial charge on any atom is -0.378 e. The van der Waals surface area contributed by atoms with Gasteiger partial charge in [0.1, 0.15) is 0 Å². The number of aryl methyl sites for hydroxylation is 2. The Hall–Kier alpha value is -2.78. The van der Waals surface area contributed by atoms with Gasteiger partial charge in [-0.15, -0.1) is 0 Å². The molecule has 0 aliphatic carbocycles. The number of nitrogens with zero attached hydrogens (tertiary/aromatic N) is 3. The Bertz CT molecular complexity index is 910. The minimum atomic E-state index is -0.238. The molecular formula is C21H28N6O2S. The van der Waals surface area contributed by atoms with Gasteiger partial charge in [0, 0.05) is 18.7 Å². The van der Waals surface area contributed by atoms with Crippen molar-refractivity contribution in [3.8, 4) is 0 Å². The van der Waals surface area contributed by atoms with E-state index in [1.165, 1.54) is 5.56 Å². The SMILES string of the molecule is Cc1cc(C)c(C(C)C)cc1C(=O)NNC(=S)Nc1cnc(N2CCOCC2)nc1. The monoisotopic (exact) mass is 428 g/mol. The van der Waals surface area contributed by atoms with Crippen LogP contribution in [0.3, 0.4) is 0 Å². The van der Waals surface area contributed by atoms with E-state index in [2.05, 4.69) is 51.8 Å². The third-order valence-corrected chi connectivity index (χ3v) is 5.16. The van der Waals surface area contributed by atoms with Gasteiger partial charge in [0.2, 0.25) is 5.95 Å². The van der Waals surface area contributed by atoms with Crippen LogP contribution >= 0.6 is 12.2 Å². The van der Waals surface area contributed by atoms with E-state index < -0.39 is 0 Å². The van der Waals surface area contributed by atoms with Gasteiger partial charge in [-0.25, -0.2) is 9.97 Å². The molecule has 2 aromatic rings. The third-order valence-electron chi connectivity index (χ3n) is 4.96. The summed E-state index contributed by atoms with van der Waals surface area (Å²) in [4.78, 5) is 23.4. The first-order valence-electron chi connectivity index (χ1n) is 9.98. The average Bonchev–Trinajstić information content (AvgIpc) is 2.73. The van der Waals surface area contributed by atoms with Crippen LogP contribution < -0.4 is 21.1 Å². The third kappa shape index (κ3) is 5.43. The maximum atomic E-state index is 12.6. The number of hydrogen-bond donors (Lipinski definition) is 3. The molecule has 8 nitrogen and oxygen atoms in total. The molecule has 30 heavy (non-hydrogen) atoms. The molecule has 1 fully saturated rings. The standard InChI is InChI=1S/C21H28N6O2S/c1-13(2)17-10-18(15(4)9-14(17)3)19(28)25-26-21(30)24-16-11-22-20(23-12-16)27-5-7-29-8-6-27/h9-13H,5-8H2,1-4H3,(H,25,28)(H2,24,26,30). The fraction of sp³-hybridized carbons (Fsp3) is 0.429. The number of amides is 1. The summed E-state index contributed by atoms with van der Waals surface area (Å²) in [7, 11) is 0. The van der Waals surface area contributed by atoms with Crippen molar-refractivity contribution in [2.75, 3.05) is 36.5 Å². The van der Waals surface area contributed by atoms with E-state index in [0.29, 0.717) is 36.3 Å². The van der Waals surface area contributed by atoms with Crippen molar-refractivity contribution in [3.63, 3.8) is 0 Å². The number of ether oxygens (including phenoxy) is 1. The van der Waals surface area contributed by atoms with E-state index in [9.17, 15) is 4.79 Å². The predicted octanol–water partition coefficient (Wildman–Crippen LogP) is 2.68. The van der Waals surface area contributed by atoms with Gasteiger partial charge in [-0.05, 0) is 54.7 Å². The second-order valence-corrected chi connectivity index (χ2v) is 7.99. The Balaban J connectivity index is 1.55. The van der Waals surface area contributed by atoms with Crippen molar-refractivity contribution >= 4 is 34.9 Å². The summed E-state index contributed by atoms with van der Waals surface area (Å²) < 4.78 is 5.34. The summed E-state index contributed by atoms with van der Waals surface area (Å²) in [6.45, 7) is 11.1. The molecule has 1 aliphatic heterocycles. The van der Waals surface area contributed by atoms with Gasteiger partial charge in [-0.3, -0.25) is 15.6 Å². The Morgan fingerprint density at radius 2 is 1.77 bits per heavy atom. The predicted molar refractivity (Wildman–Crippen MR) is 122 cm³/mol. The van der Waals surface area contributed by atoms with E-state index in [1.54, 1.807) is 12.4 Å². The highest BCUT2D eigenvalue weighted by Crippen LogP contribution is 2.23. The summed E-state index contributed by atoms with van der Waals surface area (Å²) in [6.07, 6.45) is 3.32. The molecule has 9 heteroatoms. The van der Waals surface area contributed by atoms with Gasteiger partial charge in [0.25, 0.3) is 5.91 Å². The van der Waals surface area contributed by atoms with E-state index in [1.807, 2.05) is 19.1 Å². The van der Waals surface area contributed by atoms with Crippen molar-refractivity contribution in [2.45, 2.75) is 33.6 Å². The van der Waals surface area contributed by atoms with Crippen LogP contribution in [-0.2, 0) is 4.74 Å². The van der Waals surface area contributed by atoms with Gasteiger partial charge < -0.3 is 15.0 Å². The van der Waals surface area contributed by atoms with Crippen LogP contribution in [0.4, 0.5) is 11.6 Å². The van der Waals surface area contributed by atoms with Crippen LogP contribution in [0.5, 0.6) is 0 Å². The zero-order valence-electron chi connectivity index (χ0n) is 17.8. The van der Waals surface area contributed by atoms with Crippen LogP contribution in [0.15, 0.2) is 24.5 Å².